The number of nitro benzene ring substituents is 1. The lowest BCUT2D eigenvalue weighted by atomic mass is 10.2. The molecule has 2 aromatic rings. The number of nitrogens with zero attached hydrogens (tertiary/aromatic N) is 3. The minimum Gasteiger partial charge on any atom is -0.331 e. The Balaban J connectivity index is 2.29. The van der Waals surface area contributed by atoms with Crippen molar-refractivity contribution in [2.24, 2.45) is 0 Å². The van der Waals surface area contributed by atoms with E-state index in [0.29, 0.717) is 6.54 Å². The zero-order valence-corrected chi connectivity index (χ0v) is 10.7. The molecule has 2 rings (SSSR count). The monoisotopic (exact) mass is 295 g/mol. The normalized spacial score (nSPS) is 10.5. The summed E-state index contributed by atoms with van der Waals surface area (Å²) in [5.41, 5.74) is 1.07. The number of aryl methyl sites for hydroxylation is 1. The third-order valence-corrected chi connectivity index (χ3v) is 3.25. The number of rotatable bonds is 3. The molecule has 0 atom stereocenters. The lowest BCUT2D eigenvalue weighted by Crippen LogP contribution is -2.01. The van der Waals surface area contributed by atoms with Gasteiger partial charge in [0.25, 0.3) is 5.69 Å². The summed E-state index contributed by atoms with van der Waals surface area (Å²) in [7, 11) is 0. The molecule has 5 nitrogen and oxygen atoms in total. The summed E-state index contributed by atoms with van der Waals surface area (Å²) in [6.45, 7) is 2.56. The molecule has 6 heteroatoms. The van der Waals surface area contributed by atoms with Gasteiger partial charge in [-0.1, -0.05) is 15.9 Å². The Bertz CT molecular complexity index is 566. The van der Waals surface area contributed by atoms with Crippen LogP contribution in [0.25, 0.3) is 0 Å². The van der Waals surface area contributed by atoms with Crippen LogP contribution >= 0.6 is 15.9 Å². The van der Waals surface area contributed by atoms with Gasteiger partial charge in [0.1, 0.15) is 5.82 Å². The molecule has 1 aromatic heterocycles. The summed E-state index contributed by atoms with van der Waals surface area (Å²) in [6, 6.07) is 4.77. The summed E-state index contributed by atoms with van der Waals surface area (Å²) in [4.78, 5) is 14.3. The zero-order chi connectivity index (χ0) is 12.4. The fraction of sp³-hybridized carbons (Fsp3) is 0.182. The second-order valence-electron chi connectivity index (χ2n) is 3.64. The zero-order valence-electron chi connectivity index (χ0n) is 9.13. The molecule has 0 aliphatic heterocycles. The molecule has 17 heavy (non-hydrogen) atoms. The maximum atomic E-state index is 10.6. The van der Waals surface area contributed by atoms with Crippen LogP contribution in [0.2, 0.25) is 0 Å². The number of hydrogen-bond acceptors (Lipinski definition) is 3. The summed E-state index contributed by atoms with van der Waals surface area (Å²) in [5, 5.41) is 10.6. The second kappa shape index (κ2) is 4.67. The van der Waals surface area contributed by atoms with E-state index in [2.05, 4.69) is 20.9 Å². The van der Waals surface area contributed by atoms with E-state index in [9.17, 15) is 10.1 Å². The van der Waals surface area contributed by atoms with E-state index in [4.69, 9.17) is 0 Å². The number of non-ortho nitro benzene ring substituents is 1. The Kier molecular flexibility index (Phi) is 3.23. The third kappa shape index (κ3) is 2.52. The maximum Gasteiger partial charge on any atom is 0.270 e. The molecule has 0 aliphatic carbocycles. The van der Waals surface area contributed by atoms with Crippen LogP contribution < -0.4 is 0 Å². The van der Waals surface area contributed by atoms with Gasteiger partial charge in [-0.2, -0.15) is 0 Å². The smallest absolute Gasteiger partial charge is 0.270 e. The number of hydrogen-bond donors (Lipinski definition) is 0. The minimum atomic E-state index is -0.406. The highest BCUT2D eigenvalue weighted by Gasteiger charge is 2.09. The van der Waals surface area contributed by atoms with Crippen molar-refractivity contribution in [3.8, 4) is 0 Å². The number of nitro groups is 1. The highest BCUT2D eigenvalue weighted by Crippen LogP contribution is 2.23. The second-order valence-corrected chi connectivity index (χ2v) is 4.49. The van der Waals surface area contributed by atoms with Crippen LogP contribution in [0.3, 0.4) is 0 Å². The van der Waals surface area contributed by atoms with Crippen LogP contribution in [-0.2, 0) is 6.54 Å². The fourth-order valence-corrected chi connectivity index (χ4v) is 2.02. The predicted octanol–water partition coefficient (Wildman–Crippen LogP) is 2.91. The molecule has 0 spiro atoms. The number of halogens is 1. The molecule has 0 amide bonds. The van der Waals surface area contributed by atoms with Gasteiger partial charge in [-0.15, -0.1) is 0 Å². The largest absolute Gasteiger partial charge is 0.331 e. The van der Waals surface area contributed by atoms with Crippen molar-refractivity contribution in [3.05, 3.63) is 56.6 Å². The lowest BCUT2D eigenvalue weighted by Gasteiger charge is -2.07. The van der Waals surface area contributed by atoms with Gasteiger partial charge in [-0.25, -0.2) is 4.98 Å². The molecule has 0 aliphatic rings. The average Bonchev–Trinajstić information content (AvgIpc) is 2.67. The lowest BCUT2D eigenvalue weighted by molar-refractivity contribution is -0.384. The highest BCUT2D eigenvalue weighted by atomic mass is 79.9. The number of aromatic nitrogens is 2. The first kappa shape index (κ1) is 11.8. The summed E-state index contributed by atoms with van der Waals surface area (Å²) in [5.74, 6) is 0.912. The number of imidazole rings is 1. The van der Waals surface area contributed by atoms with Crippen molar-refractivity contribution in [1.29, 1.82) is 0 Å². The Morgan fingerprint density at radius 3 is 2.82 bits per heavy atom. The van der Waals surface area contributed by atoms with E-state index in [0.717, 1.165) is 15.9 Å². The molecule has 0 saturated carbocycles. The van der Waals surface area contributed by atoms with Crippen LogP contribution in [0, 0.1) is 17.0 Å². The van der Waals surface area contributed by atoms with E-state index in [1.807, 2.05) is 17.7 Å². The molecular formula is C11H10BrN3O2. The van der Waals surface area contributed by atoms with E-state index in [-0.39, 0.29) is 5.69 Å². The predicted molar refractivity (Wildman–Crippen MR) is 66.9 cm³/mol. The van der Waals surface area contributed by atoms with Crippen LogP contribution in [0.15, 0.2) is 35.1 Å². The van der Waals surface area contributed by atoms with Crippen molar-refractivity contribution in [2.75, 3.05) is 0 Å². The third-order valence-electron chi connectivity index (χ3n) is 2.51. The summed E-state index contributed by atoms with van der Waals surface area (Å²) >= 11 is 3.35. The van der Waals surface area contributed by atoms with E-state index in [1.165, 1.54) is 12.1 Å². The first-order valence-electron chi connectivity index (χ1n) is 4.98. The first-order valence-corrected chi connectivity index (χ1v) is 5.78. The van der Waals surface area contributed by atoms with Gasteiger partial charge in [-0.05, 0) is 18.6 Å². The molecule has 0 saturated heterocycles. The van der Waals surface area contributed by atoms with Gasteiger partial charge in [0.2, 0.25) is 0 Å². The molecule has 0 N–H and O–H groups in total. The Hall–Kier alpha value is -1.69. The van der Waals surface area contributed by atoms with Crippen LogP contribution in [-0.4, -0.2) is 14.5 Å². The molecule has 0 fully saturated rings. The van der Waals surface area contributed by atoms with Crippen molar-refractivity contribution >= 4 is 21.6 Å². The molecule has 0 radical (unpaired) electrons. The average molecular weight is 296 g/mol. The quantitative estimate of drug-likeness (QED) is 0.646. The molecule has 0 bridgehead atoms. The minimum absolute atomic E-state index is 0.0861. The van der Waals surface area contributed by atoms with E-state index in [1.54, 1.807) is 12.3 Å². The van der Waals surface area contributed by atoms with Crippen molar-refractivity contribution in [3.63, 3.8) is 0 Å². The molecular weight excluding hydrogens is 286 g/mol. The summed E-state index contributed by atoms with van der Waals surface area (Å²) < 4.78 is 2.71. The molecule has 1 aromatic carbocycles. The Morgan fingerprint density at radius 2 is 2.29 bits per heavy atom. The van der Waals surface area contributed by atoms with E-state index >= 15 is 0 Å². The highest BCUT2D eigenvalue weighted by molar-refractivity contribution is 9.10. The Labute approximate surface area is 106 Å². The molecule has 88 valence electrons. The number of benzene rings is 1. The van der Waals surface area contributed by atoms with Crippen LogP contribution in [0.5, 0.6) is 0 Å². The van der Waals surface area contributed by atoms with Crippen LogP contribution in [0.4, 0.5) is 5.69 Å². The Morgan fingerprint density at radius 1 is 1.53 bits per heavy atom. The van der Waals surface area contributed by atoms with E-state index < -0.39 is 4.92 Å². The van der Waals surface area contributed by atoms with Gasteiger partial charge in [0.05, 0.1) is 4.92 Å². The van der Waals surface area contributed by atoms with Gasteiger partial charge in [0.15, 0.2) is 0 Å². The fourth-order valence-electron chi connectivity index (χ4n) is 1.53. The molecule has 0 unspecified atom stereocenters. The summed E-state index contributed by atoms with van der Waals surface area (Å²) in [6.07, 6.45) is 3.61. The molecule has 1 heterocycles. The van der Waals surface area contributed by atoms with Gasteiger partial charge in [-0.3, -0.25) is 10.1 Å². The van der Waals surface area contributed by atoms with Gasteiger partial charge in [0, 0.05) is 35.5 Å². The van der Waals surface area contributed by atoms with Crippen molar-refractivity contribution < 1.29 is 4.92 Å². The maximum absolute atomic E-state index is 10.6. The van der Waals surface area contributed by atoms with Gasteiger partial charge >= 0.3 is 0 Å². The van der Waals surface area contributed by atoms with Crippen LogP contribution in [0.1, 0.15) is 11.4 Å². The SMILES string of the molecule is Cc1nccn1Cc1ccc([N+](=O)[O-])cc1Br. The van der Waals surface area contributed by atoms with Gasteiger partial charge < -0.3 is 4.57 Å². The van der Waals surface area contributed by atoms with Crippen molar-refractivity contribution in [1.82, 2.24) is 9.55 Å². The first-order chi connectivity index (χ1) is 8.08. The standard InChI is InChI=1S/C11H10BrN3O2/c1-8-13-4-5-14(8)7-9-2-3-10(15(16)17)6-11(9)12/h2-6H,7H2,1H3. The topological polar surface area (TPSA) is 61.0 Å². The van der Waals surface area contributed by atoms with Crippen molar-refractivity contribution in [2.45, 2.75) is 13.5 Å².